The van der Waals surface area contributed by atoms with Gasteiger partial charge in [-0.25, -0.2) is 4.98 Å². The van der Waals surface area contributed by atoms with Crippen LogP contribution in [0.5, 0.6) is 5.75 Å². The van der Waals surface area contributed by atoms with Crippen LogP contribution in [0.3, 0.4) is 0 Å². The highest BCUT2D eigenvalue weighted by atomic mass is 16.5. The van der Waals surface area contributed by atoms with Crippen LogP contribution >= 0.6 is 0 Å². The van der Waals surface area contributed by atoms with Crippen molar-refractivity contribution >= 4 is 22.9 Å². The van der Waals surface area contributed by atoms with Crippen LogP contribution in [0.25, 0.3) is 11.0 Å². The summed E-state index contributed by atoms with van der Waals surface area (Å²) in [6.45, 7) is 9.17. The van der Waals surface area contributed by atoms with Gasteiger partial charge >= 0.3 is 0 Å². The predicted molar refractivity (Wildman–Crippen MR) is 138 cm³/mol. The highest BCUT2D eigenvalue weighted by molar-refractivity contribution is 6.04. The van der Waals surface area contributed by atoms with Crippen molar-refractivity contribution in [1.29, 1.82) is 0 Å². The fourth-order valence-corrected chi connectivity index (χ4v) is 5.26. The minimum Gasteiger partial charge on any atom is -0.488 e. The van der Waals surface area contributed by atoms with E-state index >= 15 is 0 Å². The number of hydrogen-bond acceptors (Lipinski definition) is 6. The number of nitrogens with one attached hydrogen (secondary N) is 2. The molecule has 1 amide bonds. The van der Waals surface area contributed by atoms with E-state index in [1.54, 1.807) is 18.3 Å². The maximum absolute atomic E-state index is 13.2. The maximum atomic E-state index is 13.2. The van der Waals surface area contributed by atoms with Crippen molar-refractivity contribution in [3.05, 3.63) is 47.8 Å². The molecular formula is C27H36N6O2. The first-order chi connectivity index (χ1) is 17.1. The molecule has 2 aromatic heterocycles. The van der Waals surface area contributed by atoms with Crippen molar-refractivity contribution in [2.75, 3.05) is 38.0 Å². The normalized spacial score (nSPS) is 20.0. The van der Waals surface area contributed by atoms with Crippen LogP contribution < -0.4 is 15.4 Å². The van der Waals surface area contributed by atoms with Crippen LogP contribution in [-0.2, 0) is 0 Å². The largest absolute Gasteiger partial charge is 0.488 e. The third kappa shape index (κ3) is 5.33. The third-order valence-corrected chi connectivity index (χ3v) is 7.22. The number of likely N-dealkylation sites (tertiary alicyclic amines) is 1. The maximum Gasteiger partial charge on any atom is 0.258 e. The number of amides is 1. The molecule has 2 aliphatic rings. The van der Waals surface area contributed by atoms with Crippen LogP contribution in [0.2, 0.25) is 0 Å². The van der Waals surface area contributed by atoms with E-state index in [1.165, 1.54) is 0 Å². The van der Waals surface area contributed by atoms with Gasteiger partial charge in [0.15, 0.2) is 0 Å². The summed E-state index contributed by atoms with van der Waals surface area (Å²) < 4.78 is 8.82. The van der Waals surface area contributed by atoms with E-state index in [9.17, 15) is 4.79 Å². The van der Waals surface area contributed by atoms with E-state index in [1.807, 2.05) is 19.1 Å². The Hall–Kier alpha value is -2.97. The van der Waals surface area contributed by atoms with Crippen molar-refractivity contribution < 1.29 is 9.53 Å². The van der Waals surface area contributed by atoms with Gasteiger partial charge < -0.3 is 19.5 Å². The number of pyridine rings is 1. The van der Waals surface area contributed by atoms with Gasteiger partial charge in [0, 0.05) is 43.1 Å². The number of carbonyl (C=O) groups excluding carboxylic acids is 1. The Kier molecular flexibility index (Phi) is 7.29. The van der Waals surface area contributed by atoms with Gasteiger partial charge in [0.2, 0.25) is 5.95 Å². The highest BCUT2D eigenvalue weighted by Gasteiger charge is 2.26. The lowest BCUT2D eigenvalue weighted by Crippen LogP contribution is -2.38. The van der Waals surface area contributed by atoms with Gasteiger partial charge in [-0.15, -0.1) is 0 Å². The molecule has 35 heavy (non-hydrogen) atoms. The molecule has 0 aliphatic carbocycles. The predicted octanol–water partition coefficient (Wildman–Crippen LogP) is 4.17. The molecule has 2 aliphatic heterocycles. The average Bonchev–Trinajstić information content (AvgIpc) is 3.03. The van der Waals surface area contributed by atoms with Gasteiger partial charge in [0.1, 0.15) is 17.4 Å². The van der Waals surface area contributed by atoms with Crippen molar-refractivity contribution in [2.24, 2.45) is 0 Å². The molecule has 186 valence electrons. The van der Waals surface area contributed by atoms with Crippen LogP contribution in [-0.4, -0.2) is 64.2 Å². The number of carbonyl (C=O) groups is 1. The van der Waals surface area contributed by atoms with Gasteiger partial charge in [0.05, 0.1) is 5.52 Å². The molecule has 0 bridgehead atoms. The van der Waals surface area contributed by atoms with Gasteiger partial charge in [-0.3, -0.25) is 15.1 Å². The second-order valence-corrected chi connectivity index (χ2v) is 9.67. The number of piperidine rings is 1. The van der Waals surface area contributed by atoms with Gasteiger partial charge in [0.25, 0.3) is 5.91 Å². The number of hydrogen-bond donors (Lipinski definition) is 2. The van der Waals surface area contributed by atoms with Crippen LogP contribution in [0, 0.1) is 6.92 Å². The lowest BCUT2D eigenvalue weighted by atomic mass is 10.1. The number of aromatic nitrogens is 3. The van der Waals surface area contributed by atoms with E-state index in [4.69, 9.17) is 9.72 Å². The molecule has 4 heterocycles. The number of fused-ring (bicyclic) bond motifs is 1. The van der Waals surface area contributed by atoms with Crippen LogP contribution in [0.4, 0.5) is 5.95 Å². The van der Waals surface area contributed by atoms with E-state index < -0.39 is 0 Å². The van der Waals surface area contributed by atoms with E-state index in [0.29, 0.717) is 11.5 Å². The zero-order valence-electron chi connectivity index (χ0n) is 20.8. The highest BCUT2D eigenvalue weighted by Crippen LogP contribution is 2.35. The molecule has 0 spiro atoms. The van der Waals surface area contributed by atoms with E-state index in [0.717, 1.165) is 87.3 Å². The molecule has 5 rings (SSSR count). The van der Waals surface area contributed by atoms with Crippen LogP contribution in [0.1, 0.15) is 61.1 Å². The smallest absolute Gasteiger partial charge is 0.258 e. The lowest BCUT2D eigenvalue weighted by Gasteiger charge is -2.31. The summed E-state index contributed by atoms with van der Waals surface area (Å²) >= 11 is 0. The van der Waals surface area contributed by atoms with Crippen molar-refractivity contribution in [2.45, 2.75) is 58.1 Å². The SMILES string of the molecule is CCN1CCC(Oc2cccc3nc(NC(=O)c4ccnc(C)c4)n([C@@H]4CCCCNC4)c23)CC1. The zero-order chi connectivity index (χ0) is 24.2. The summed E-state index contributed by atoms with van der Waals surface area (Å²) in [6, 6.07) is 9.78. The first kappa shape index (κ1) is 23.8. The summed E-state index contributed by atoms with van der Waals surface area (Å²) in [5, 5.41) is 6.67. The van der Waals surface area contributed by atoms with Crippen LogP contribution in [0.15, 0.2) is 36.5 Å². The molecule has 2 fully saturated rings. The van der Waals surface area contributed by atoms with Crippen molar-refractivity contribution in [3.63, 3.8) is 0 Å². The molecule has 2 saturated heterocycles. The number of aryl methyl sites for hydroxylation is 1. The van der Waals surface area contributed by atoms with E-state index in [-0.39, 0.29) is 18.1 Å². The Morgan fingerprint density at radius 2 is 2.06 bits per heavy atom. The standard InChI is InChI=1S/C27H36N6O2/c1-3-32-15-11-22(12-16-32)35-24-9-6-8-23-25(24)33(21-7-4-5-13-28-18-21)27(30-23)31-26(34)20-10-14-29-19(2)17-20/h6,8-10,14,17,21-22,28H,3-5,7,11-13,15-16,18H2,1-2H3,(H,30,31,34)/t21-/m1/s1. The quantitative estimate of drug-likeness (QED) is 0.556. The van der Waals surface area contributed by atoms with Gasteiger partial charge in [-0.05, 0) is 70.0 Å². The molecule has 0 radical (unpaired) electrons. The minimum absolute atomic E-state index is 0.178. The summed E-state index contributed by atoms with van der Waals surface area (Å²) in [5.41, 5.74) is 3.21. The summed E-state index contributed by atoms with van der Waals surface area (Å²) in [5.74, 6) is 1.25. The Labute approximate surface area is 207 Å². The number of benzene rings is 1. The average molecular weight is 477 g/mol. The van der Waals surface area contributed by atoms with Crippen molar-refractivity contribution in [3.8, 4) is 5.75 Å². The molecule has 8 nitrogen and oxygen atoms in total. The molecule has 2 N–H and O–H groups in total. The number of ether oxygens (including phenoxy) is 1. The number of para-hydroxylation sites is 1. The van der Waals surface area contributed by atoms with E-state index in [2.05, 4.69) is 38.1 Å². The molecule has 0 saturated carbocycles. The number of anilines is 1. The minimum atomic E-state index is -0.178. The Morgan fingerprint density at radius 3 is 2.86 bits per heavy atom. The number of nitrogens with zero attached hydrogens (tertiary/aromatic N) is 4. The van der Waals surface area contributed by atoms with Crippen molar-refractivity contribution in [1.82, 2.24) is 24.8 Å². The second-order valence-electron chi connectivity index (χ2n) is 9.67. The Balaban J connectivity index is 1.50. The monoisotopic (exact) mass is 476 g/mol. The molecule has 1 aromatic carbocycles. The second kappa shape index (κ2) is 10.7. The molecular weight excluding hydrogens is 440 g/mol. The molecule has 8 heteroatoms. The van der Waals surface area contributed by atoms with Gasteiger partial charge in [-0.2, -0.15) is 0 Å². The molecule has 0 unspecified atom stereocenters. The fourth-order valence-electron chi connectivity index (χ4n) is 5.26. The summed E-state index contributed by atoms with van der Waals surface area (Å²) in [6.07, 6.45) is 7.21. The lowest BCUT2D eigenvalue weighted by molar-refractivity contribution is 0.102. The summed E-state index contributed by atoms with van der Waals surface area (Å²) in [7, 11) is 0. The topological polar surface area (TPSA) is 84.3 Å². The molecule has 1 atom stereocenters. The zero-order valence-corrected chi connectivity index (χ0v) is 20.8. The van der Waals surface area contributed by atoms with Gasteiger partial charge in [-0.1, -0.05) is 19.4 Å². The first-order valence-corrected chi connectivity index (χ1v) is 13.0. The Morgan fingerprint density at radius 1 is 1.20 bits per heavy atom. The summed E-state index contributed by atoms with van der Waals surface area (Å²) in [4.78, 5) is 24.7. The third-order valence-electron chi connectivity index (χ3n) is 7.22. The number of rotatable bonds is 6. The number of imidazole rings is 1. The fraction of sp³-hybridized carbons (Fsp3) is 0.519. The molecule has 3 aromatic rings. The first-order valence-electron chi connectivity index (χ1n) is 13.0. The Bertz CT molecular complexity index is 1160.